The standard InChI is InChI=1S/C24H26N4O3/c1-18(20-5-3-2-4-6-20)31-23-10-8-21(17-26-23)24(29)27-16-19-7-9-22(25-15-19)28-11-13-30-14-12-28/h2-10,15,17-18H,11-14,16H2,1H3,(H,27,29)/t18-/m1/s1. The van der Waals surface area contributed by atoms with Crippen LogP contribution in [-0.4, -0.2) is 42.2 Å². The molecule has 0 aliphatic carbocycles. The molecule has 1 amide bonds. The summed E-state index contributed by atoms with van der Waals surface area (Å²) in [5, 5.41) is 2.91. The second-order valence-corrected chi connectivity index (χ2v) is 7.36. The highest BCUT2D eigenvalue weighted by Gasteiger charge is 2.13. The third-order valence-electron chi connectivity index (χ3n) is 5.16. The van der Waals surface area contributed by atoms with Gasteiger partial charge in [-0.05, 0) is 30.2 Å². The molecule has 1 aromatic carbocycles. The number of ether oxygens (including phenoxy) is 2. The molecule has 1 fully saturated rings. The molecule has 0 radical (unpaired) electrons. The van der Waals surface area contributed by atoms with Crippen LogP contribution in [0.5, 0.6) is 5.88 Å². The number of nitrogens with zero attached hydrogens (tertiary/aromatic N) is 3. The Kier molecular flexibility index (Phi) is 6.74. The van der Waals surface area contributed by atoms with Crippen molar-refractivity contribution in [2.24, 2.45) is 0 Å². The number of nitrogens with one attached hydrogen (secondary N) is 1. The van der Waals surface area contributed by atoms with Crippen molar-refractivity contribution in [3.63, 3.8) is 0 Å². The van der Waals surface area contributed by atoms with E-state index in [-0.39, 0.29) is 12.0 Å². The van der Waals surface area contributed by atoms with Crippen LogP contribution in [0.25, 0.3) is 0 Å². The predicted octanol–water partition coefficient (Wildman–Crippen LogP) is 3.38. The van der Waals surface area contributed by atoms with E-state index in [2.05, 4.69) is 20.2 Å². The van der Waals surface area contributed by atoms with Gasteiger partial charge in [0.1, 0.15) is 11.9 Å². The van der Waals surface area contributed by atoms with Gasteiger partial charge in [-0.2, -0.15) is 0 Å². The highest BCUT2D eigenvalue weighted by atomic mass is 16.5. The van der Waals surface area contributed by atoms with Gasteiger partial charge in [0.15, 0.2) is 0 Å². The summed E-state index contributed by atoms with van der Waals surface area (Å²) in [6.07, 6.45) is 3.20. The number of anilines is 1. The molecular formula is C24H26N4O3. The second-order valence-electron chi connectivity index (χ2n) is 7.36. The number of amides is 1. The van der Waals surface area contributed by atoms with E-state index in [1.54, 1.807) is 18.3 Å². The van der Waals surface area contributed by atoms with Crippen LogP contribution >= 0.6 is 0 Å². The molecule has 0 unspecified atom stereocenters. The van der Waals surface area contributed by atoms with E-state index in [0.29, 0.717) is 18.0 Å². The quantitative estimate of drug-likeness (QED) is 0.634. The van der Waals surface area contributed by atoms with Gasteiger partial charge in [-0.25, -0.2) is 9.97 Å². The van der Waals surface area contributed by atoms with Gasteiger partial charge in [-0.3, -0.25) is 4.79 Å². The van der Waals surface area contributed by atoms with E-state index in [1.807, 2.05) is 49.4 Å². The predicted molar refractivity (Wildman–Crippen MR) is 118 cm³/mol. The third kappa shape index (κ3) is 5.58. The van der Waals surface area contributed by atoms with Gasteiger partial charge in [-0.1, -0.05) is 36.4 Å². The lowest BCUT2D eigenvalue weighted by atomic mass is 10.1. The van der Waals surface area contributed by atoms with Crippen molar-refractivity contribution < 1.29 is 14.3 Å². The number of pyridine rings is 2. The number of benzene rings is 1. The van der Waals surface area contributed by atoms with Crippen LogP contribution in [0, 0.1) is 0 Å². The van der Waals surface area contributed by atoms with Crippen molar-refractivity contribution in [1.29, 1.82) is 0 Å². The maximum atomic E-state index is 12.5. The Hall–Kier alpha value is -3.45. The highest BCUT2D eigenvalue weighted by molar-refractivity contribution is 5.93. The van der Waals surface area contributed by atoms with E-state index in [9.17, 15) is 4.79 Å². The summed E-state index contributed by atoms with van der Waals surface area (Å²) >= 11 is 0. The summed E-state index contributed by atoms with van der Waals surface area (Å²) in [6, 6.07) is 17.3. The largest absolute Gasteiger partial charge is 0.470 e. The Morgan fingerprint density at radius 2 is 1.87 bits per heavy atom. The molecular weight excluding hydrogens is 392 g/mol. The molecule has 0 bridgehead atoms. The van der Waals surface area contributed by atoms with Gasteiger partial charge in [0.05, 0.1) is 18.8 Å². The molecule has 2 aromatic heterocycles. The van der Waals surface area contributed by atoms with Gasteiger partial charge in [0.2, 0.25) is 5.88 Å². The fourth-order valence-electron chi connectivity index (χ4n) is 3.34. The van der Waals surface area contributed by atoms with Crippen LogP contribution in [0.2, 0.25) is 0 Å². The number of carbonyl (C=O) groups excluding carboxylic acids is 1. The zero-order valence-electron chi connectivity index (χ0n) is 17.5. The van der Waals surface area contributed by atoms with E-state index >= 15 is 0 Å². The summed E-state index contributed by atoms with van der Waals surface area (Å²) in [5.41, 5.74) is 2.49. The smallest absolute Gasteiger partial charge is 0.253 e. The SMILES string of the molecule is C[C@@H](Oc1ccc(C(=O)NCc2ccc(N3CCOCC3)nc2)cn1)c1ccccc1. The molecule has 7 heteroatoms. The van der Waals surface area contributed by atoms with Crippen molar-refractivity contribution >= 4 is 11.7 Å². The van der Waals surface area contributed by atoms with Gasteiger partial charge in [-0.15, -0.1) is 0 Å². The van der Waals surface area contributed by atoms with Crippen LogP contribution < -0.4 is 15.0 Å². The first-order valence-electron chi connectivity index (χ1n) is 10.4. The Morgan fingerprint density at radius 1 is 1.06 bits per heavy atom. The van der Waals surface area contributed by atoms with Gasteiger partial charge < -0.3 is 19.7 Å². The average molecular weight is 418 g/mol. The van der Waals surface area contributed by atoms with E-state index in [0.717, 1.165) is 43.2 Å². The van der Waals surface area contributed by atoms with Crippen molar-refractivity contribution in [3.05, 3.63) is 83.7 Å². The fraction of sp³-hybridized carbons (Fsp3) is 0.292. The minimum atomic E-state index is -0.188. The van der Waals surface area contributed by atoms with Crippen molar-refractivity contribution in [2.45, 2.75) is 19.6 Å². The number of morpholine rings is 1. The third-order valence-corrected chi connectivity index (χ3v) is 5.16. The maximum Gasteiger partial charge on any atom is 0.253 e. The molecule has 160 valence electrons. The van der Waals surface area contributed by atoms with Crippen LogP contribution in [0.4, 0.5) is 5.82 Å². The van der Waals surface area contributed by atoms with Crippen LogP contribution in [0.15, 0.2) is 67.0 Å². The Morgan fingerprint density at radius 3 is 2.55 bits per heavy atom. The molecule has 1 atom stereocenters. The minimum Gasteiger partial charge on any atom is -0.470 e. The summed E-state index contributed by atoms with van der Waals surface area (Å²) in [4.78, 5) is 23.4. The number of hydrogen-bond donors (Lipinski definition) is 1. The first-order chi connectivity index (χ1) is 15.2. The Bertz CT molecular complexity index is 972. The molecule has 0 saturated carbocycles. The molecule has 1 N–H and O–H groups in total. The Balaban J connectivity index is 1.28. The highest BCUT2D eigenvalue weighted by Crippen LogP contribution is 2.20. The van der Waals surface area contributed by atoms with Gasteiger partial charge in [0.25, 0.3) is 5.91 Å². The monoisotopic (exact) mass is 418 g/mol. The lowest BCUT2D eigenvalue weighted by Gasteiger charge is -2.27. The minimum absolute atomic E-state index is 0.124. The number of rotatable bonds is 7. The van der Waals surface area contributed by atoms with Crippen molar-refractivity contribution in [3.8, 4) is 5.88 Å². The first kappa shape index (κ1) is 20.8. The Labute approximate surface area is 182 Å². The molecule has 3 heterocycles. The van der Waals surface area contributed by atoms with Crippen molar-refractivity contribution in [2.75, 3.05) is 31.2 Å². The molecule has 1 aliphatic rings. The molecule has 3 aromatic rings. The zero-order chi connectivity index (χ0) is 21.5. The average Bonchev–Trinajstić information content (AvgIpc) is 2.84. The van der Waals surface area contributed by atoms with Crippen molar-refractivity contribution in [1.82, 2.24) is 15.3 Å². The van der Waals surface area contributed by atoms with Crippen LogP contribution in [0.1, 0.15) is 34.5 Å². The van der Waals surface area contributed by atoms with E-state index < -0.39 is 0 Å². The topological polar surface area (TPSA) is 76.6 Å². The lowest BCUT2D eigenvalue weighted by Crippen LogP contribution is -2.36. The number of aromatic nitrogens is 2. The van der Waals surface area contributed by atoms with E-state index in [1.165, 1.54) is 6.20 Å². The molecule has 7 nitrogen and oxygen atoms in total. The second kappa shape index (κ2) is 10.0. The maximum absolute atomic E-state index is 12.5. The van der Waals surface area contributed by atoms with Gasteiger partial charge in [0, 0.05) is 38.1 Å². The summed E-state index contributed by atoms with van der Waals surface area (Å²) in [7, 11) is 0. The van der Waals surface area contributed by atoms with E-state index in [4.69, 9.17) is 9.47 Å². The molecule has 31 heavy (non-hydrogen) atoms. The lowest BCUT2D eigenvalue weighted by molar-refractivity contribution is 0.0950. The van der Waals surface area contributed by atoms with Crippen LogP contribution in [0.3, 0.4) is 0 Å². The molecule has 1 saturated heterocycles. The molecule has 1 aliphatic heterocycles. The molecule has 0 spiro atoms. The van der Waals surface area contributed by atoms with Crippen LogP contribution in [-0.2, 0) is 11.3 Å². The number of hydrogen-bond acceptors (Lipinski definition) is 6. The number of carbonyl (C=O) groups is 1. The normalized spacial score (nSPS) is 14.7. The summed E-state index contributed by atoms with van der Waals surface area (Å²) in [5.74, 6) is 1.23. The summed E-state index contributed by atoms with van der Waals surface area (Å²) < 4.78 is 11.2. The summed E-state index contributed by atoms with van der Waals surface area (Å²) in [6.45, 7) is 5.51. The fourth-order valence-corrected chi connectivity index (χ4v) is 3.34. The molecule has 4 rings (SSSR count). The zero-order valence-corrected chi connectivity index (χ0v) is 17.5. The van der Waals surface area contributed by atoms with Gasteiger partial charge >= 0.3 is 0 Å². The first-order valence-corrected chi connectivity index (χ1v) is 10.4.